The van der Waals surface area contributed by atoms with Gasteiger partial charge in [0, 0.05) is 0 Å². The highest BCUT2D eigenvalue weighted by atomic mass is 16.5. The van der Waals surface area contributed by atoms with Crippen LogP contribution in [0.1, 0.15) is 48.5 Å². The zero-order valence-electron chi connectivity index (χ0n) is 10.6. The molecular formula is C15H17NO2. The van der Waals surface area contributed by atoms with E-state index in [1.165, 1.54) is 0 Å². The highest BCUT2D eigenvalue weighted by Gasteiger charge is 2.35. The Morgan fingerprint density at radius 1 is 1.33 bits per heavy atom. The Bertz CT molecular complexity index is 464. The number of benzene rings is 1. The lowest BCUT2D eigenvalue weighted by atomic mass is 9.80. The summed E-state index contributed by atoms with van der Waals surface area (Å²) in [5.41, 5.74) is 1.23. The largest absolute Gasteiger partial charge is 0.462 e. The molecule has 1 aliphatic rings. The van der Waals surface area contributed by atoms with Gasteiger partial charge in [0.05, 0.1) is 23.7 Å². The van der Waals surface area contributed by atoms with Gasteiger partial charge in [0.15, 0.2) is 0 Å². The van der Waals surface area contributed by atoms with Gasteiger partial charge in [-0.2, -0.15) is 5.26 Å². The van der Waals surface area contributed by atoms with Crippen molar-refractivity contribution < 1.29 is 9.53 Å². The fraction of sp³-hybridized carbons (Fsp3) is 0.467. The van der Waals surface area contributed by atoms with Crippen LogP contribution in [0.15, 0.2) is 24.3 Å². The number of ether oxygens (including phenoxy) is 1. The molecule has 1 aromatic rings. The van der Waals surface area contributed by atoms with Crippen molar-refractivity contribution in [3.05, 3.63) is 35.4 Å². The summed E-state index contributed by atoms with van der Waals surface area (Å²) in [6, 6.07) is 9.74. The highest BCUT2D eigenvalue weighted by molar-refractivity contribution is 5.89. The van der Waals surface area contributed by atoms with Gasteiger partial charge < -0.3 is 4.74 Å². The van der Waals surface area contributed by atoms with Crippen LogP contribution in [0.5, 0.6) is 0 Å². The zero-order valence-corrected chi connectivity index (χ0v) is 10.6. The van der Waals surface area contributed by atoms with Crippen LogP contribution in [0, 0.1) is 11.3 Å². The summed E-state index contributed by atoms with van der Waals surface area (Å²) in [6.45, 7) is 2.16. The number of nitriles is 1. The minimum Gasteiger partial charge on any atom is -0.462 e. The van der Waals surface area contributed by atoms with Crippen LogP contribution in [0.2, 0.25) is 0 Å². The van der Waals surface area contributed by atoms with Crippen molar-refractivity contribution in [2.75, 3.05) is 6.61 Å². The van der Waals surface area contributed by atoms with Crippen LogP contribution in [0.25, 0.3) is 0 Å². The molecule has 0 bridgehead atoms. The minimum absolute atomic E-state index is 0.304. The molecule has 18 heavy (non-hydrogen) atoms. The minimum atomic E-state index is -0.340. The second kappa shape index (κ2) is 5.22. The van der Waals surface area contributed by atoms with Gasteiger partial charge >= 0.3 is 5.97 Å². The third-order valence-corrected chi connectivity index (χ3v) is 3.62. The van der Waals surface area contributed by atoms with Crippen LogP contribution in [0.3, 0.4) is 0 Å². The van der Waals surface area contributed by atoms with E-state index in [-0.39, 0.29) is 11.4 Å². The fourth-order valence-electron chi connectivity index (χ4n) is 2.58. The number of carbonyl (C=O) groups is 1. The van der Waals surface area contributed by atoms with Crippen molar-refractivity contribution in [1.82, 2.24) is 0 Å². The molecule has 0 saturated heterocycles. The Morgan fingerprint density at radius 3 is 2.44 bits per heavy atom. The summed E-state index contributed by atoms with van der Waals surface area (Å²) < 4.78 is 4.94. The predicted molar refractivity (Wildman–Crippen MR) is 68.2 cm³/mol. The average Bonchev–Trinajstić information content (AvgIpc) is 2.89. The highest BCUT2D eigenvalue weighted by Crippen LogP contribution is 2.40. The van der Waals surface area contributed by atoms with E-state index in [0.717, 1.165) is 31.2 Å². The van der Waals surface area contributed by atoms with Crippen molar-refractivity contribution >= 4 is 5.97 Å². The van der Waals surface area contributed by atoms with Gasteiger partial charge in [0.25, 0.3) is 0 Å². The molecule has 1 fully saturated rings. The smallest absolute Gasteiger partial charge is 0.338 e. The van der Waals surface area contributed by atoms with E-state index in [1.54, 1.807) is 19.1 Å². The second-order valence-corrected chi connectivity index (χ2v) is 4.70. The van der Waals surface area contributed by atoms with Crippen LogP contribution >= 0.6 is 0 Å². The molecule has 0 spiro atoms. The molecule has 0 heterocycles. The molecule has 0 N–H and O–H groups in total. The van der Waals surface area contributed by atoms with E-state index in [4.69, 9.17) is 4.74 Å². The molecule has 1 saturated carbocycles. The SMILES string of the molecule is CCOC(=O)c1ccc(C2(C#N)CCCC2)cc1. The third kappa shape index (κ3) is 2.24. The lowest BCUT2D eigenvalue weighted by molar-refractivity contribution is 0.0526. The Morgan fingerprint density at radius 2 is 1.94 bits per heavy atom. The number of hydrogen-bond acceptors (Lipinski definition) is 3. The molecule has 0 aromatic heterocycles. The molecule has 0 amide bonds. The lowest BCUT2D eigenvalue weighted by Crippen LogP contribution is -2.19. The van der Waals surface area contributed by atoms with Crippen LogP contribution in [-0.4, -0.2) is 12.6 Å². The average molecular weight is 243 g/mol. The van der Waals surface area contributed by atoms with Crippen molar-refractivity contribution in [2.45, 2.75) is 38.0 Å². The first-order valence-electron chi connectivity index (χ1n) is 6.41. The Labute approximate surface area is 107 Å². The standard InChI is InChI=1S/C15H17NO2/c1-2-18-14(17)12-5-7-13(8-6-12)15(11-16)9-3-4-10-15/h5-8H,2-4,9-10H2,1H3. The predicted octanol–water partition coefficient (Wildman–Crippen LogP) is 3.20. The molecule has 1 aromatic carbocycles. The van der Waals surface area contributed by atoms with Crippen LogP contribution in [0.4, 0.5) is 0 Å². The second-order valence-electron chi connectivity index (χ2n) is 4.70. The molecule has 94 valence electrons. The fourth-order valence-corrected chi connectivity index (χ4v) is 2.58. The number of hydrogen-bond donors (Lipinski definition) is 0. The molecule has 1 aliphatic carbocycles. The van der Waals surface area contributed by atoms with Crippen molar-refractivity contribution in [3.63, 3.8) is 0 Å². The number of nitrogens with zero attached hydrogens (tertiary/aromatic N) is 1. The summed E-state index contributed by atoms with van der Waals surface area (Å²) in [7, 11) is 0. The van der Waals surface area contributed by atoms with E-state index in [1.807, 2.05) is 12.1 Å². The summed E-state index contributed by atoms with van der Waals surface area (Å²) in [4.78, 5) is 11.5. The molecule has 0 atom stereocenters. The van der Waals surface area contributed by atoms with E-state index >= 15 is 0 Å². The normalized spacial score (nSPS) is 17.1. The number of rotatable bonds is 3. The molecule has 3 nitrogen and oxygen atoms in total. The van der Waals surface area contributed by atoms with Gasteiger partial charge in [-0.1, -0.05) is 25.0 Å². The molecule has 0 aliphatic heterocycles. The molecule has 0 radical (unpaired) electrons. The first-order valence-corrected chi connectivity index (χ1v) is 6.41. The van der Waals surface area contributed by atoms with E-state index in [9.17, 15) is 10.1 Å². The Kier molecular flexibility index (Phi) is 3.66. The van der Waals surface area contributed by atoms with Gasteiger partial charge in [-0.25, -0.2) is 4.79 Å². The van der Waals surface area contributed by atoms with Crippen LogP contribution < -0.4 is 0 Å². The van der Waals surface area contributed by atoms with Gasteiger partial charge in [0.2, 0.25) is 0 Å². The van der Waals surface area contributed by atoms with E-state index < -0.39 is 0 Å². The topological polar surface area (TPSA) is 50.1 Å². The summed E-state index contributed by atoms with van der Waals surface area (Å²) >= 11 is 0. The van der Waals surface area contributed by atoms with Crippen LogP contribution in [-0.2, 0) is 10.2 Å². The first kappa shape index (κ1) is 12.6. The van der Waals surface area contributed by atoms with Gasteiger partial charge in [-0.05, 0) is 37.5 Å². The summed E-state index contributed by atoms with van der Waals surface area (Å²) in [5.74, 6) is -0.304. The van der Waals surface area contributed by atoms with Gasteiger partial charge in [-0.15, -0.1) is 0 Å². The quantitative estimate of drug-likeness (QED) is 0.766. The molecular weight excluding hydrogens is 226 g/mol. The summed E-state index contributed by atoms with van der Waals surface area (Å²) in [6.07, 6.45) is 4.05. The third-order valence-electron chi connectivity index (χ3n) is 3.62. The molecule has 0 unspecified atom stereocenters. The van der Waals surface area contributed by atoms with Crippen molar-refractivity contribution in [2.24, 2.45) is 0 Å². The van der Waals surface area contributed by atoms with Crippen molar-refractivity contribution in [1.29, 1.82) is 5.26 Å². The number of esters is 1. The lowest BCUT2D eigenvalue weighted by Gasteiger charge is -2.20. The Hall–Kier alpha value is -1.82. The zero-order chi connectivity index (χ0) is 13.0. The first-order chi connectivity index (χ1) is 8.72. The maximum atomic E-state index is 11.5. The van der Waals surface area contributed by atoms with Gasteiger partial charge in [0.1, 0.15) is 0 Å². The molecule has 2 rings (SSSR count). The van der Waals surface area contributed by atoms with E-state index in [0.29, 0.717) is 12.2 Å². The molecule has 3 heteroatoms. The maximum Gasteiger partial charge on any atom is 0.338 e. The Balaban J connectivity index is 2.22. The monoisotopic (exact) mass is 243 g/mol. The summed E-state index contributed by atoms with van der Waals surface area (Å²) in [5, 5.41) is 9.39. The van der Waals surface area contributed by atoms with E-state index in [2.05, 4.69) is 6.07 Å². The maximum absolute atomic E-state index is 11.5. The number of carbonyl (C=O) groups excluding carboxylic acids is 1. The van der Waals surface area contributed by atoms with Crippen molar-refractivity contribution in [3.8, 4) is 6.07 Å². The van der Waals surface area contributed by atoms with Gasteiger partial charge in [-0.3, -0.25) is 0 Å².